The van der Waals surface area contributed by atoms with Crippen molar-refractivity contribution in [2.24, 2.45) is 0 Å². The summed E-state index contributed by atoms with van der Waals surface area (Å²) in [6, 6.07) is 19.4. The monoisotopic (exact) mass is 581 g/mol. The number of aryl methyl sites for hydroxylation is 1. The van der Waals surface area contributed by atoms with Crippen LogP contribution in [0.1, 0.15) is 38.3 Å². The smallest absolute Gasteiger partial charge is 0.264 e. The van der Waals surface area contributed by atoms with Crippen molar-refractivity contribution >= 4 is 27.5 Å². The van der Waals surface area contributed by atoms with E-state index in [1.54, 1.807) is 31.2 Å². The molecule has 9 nitrogen and oxygen atoms in total. The molecule has 1 N–H and O–H groups in total. The maximum atomic E-state index is 14.1. The number of nitrogens with one attached hydrogen (secondary N) is 1. The number of hydrogen-bond acceptors (Lipinski definition) is 6. The molecule has 220 valence electrons. The van der Waals surface area contributed by atoms with E-state index in [4.69, 9.17) is 9.47 Å². The van der Waals surface area contributed by atoms with E-state index in [1.807, 2.05) is 51.1 Å². The lowest BCUT2D eigenvalue weighted by molar-refractivity contribution is -0.139. The number of amides is 2. The predicted octanol–water partition coefficient (Wildman–Crippen LogP) is 4.54. The van der Waals surface area contributed by atoms with Crippen molar-refractivity contribution in [1.29, 1.82) is 0 Å². The largest absolute Gasteiger partial charge is 0.497 e. The molecule has 0 aliphatic heterocycles. The lowest BCUT2D eigenvalue weighted by Gasteiger charge is -2.33. The highest BCUT2D eigenvalue weighted by atomic mass is 32.2. The van der Waals surface area contributed by atoms with Crippen molar-refractivity contribution in [3.63, 3.8) is 0 Å². The number of hydrogen-bond donors (Lipinski definition) is 1. The van der Waals surface area contributed by atoms with Crippen molar-refractivity contribution in [3.8, 4) is 11.5 Å². The van der Waals surface area contributed by atoms with Crippen LogP contribution < -0.4 is 19.1 Å². The second-order valence-corrected chi connectivity index (χ2v) is 11.7. The fraction of sp³-hybridized carbons (Fsp3) is 0.355. The van der Waals surface area contributed by atoms with E-state index in [9.17, 15) is 18.0 Å². The first kappa shape index (κ1) is 31.5. The average Bonchev–Trinajstić information content (AvgIpc) is 2.98. The summed E-state index contributed by atoms with van der Waals surface area (Å²) in [7, 11) is -1.36. The van der Waals surface area contributed by atoms with Crippen molar-refractivity contribution in [1.82, 2.24) is 10.2 Å². The summed E-state index contributed by atoms with van der Waals surface area (Å²) in [4.78, 5) is 28.7. The zero-order chi connectivity index (χ0) is 30.2. The maximum absolute atomic E-state index is 14.1. The third-order valence-corrected chi connectivity index (χ3v) is 8.68. The molecule has 0 heterocycles. The number of carbonyl (C=O) groups excluding carboxylic acids is 2. The molecule has 0 fully saturated rings. The van der Waals surface area contributed by atoms with Crippen LogP contribution in [0.2, 0.25) is 0 Å². The molecule has 0 unspecified atom stereocenters. The van der Waals surface area contributed by atoms with Gasteiger partial charge in [0.15, 0.2) is 0 Å². The minimum absolute atomic E-state index is 0.0120. The molecule has 0 spiro atoms. The highest BCUT2D eigenvalue weighted by Crippen LogP contribution is 2.36. The summed E-state index contributed by atoms with van der Waals surface area (Å²) in [5.41, 5.74) is 1.83. The number of sulfonamides is 1. The fourth-order valence-corrected chi connectivity index (χ4v) is 5.59. The van der Waals surface area contributed by atoms with Gasteiger partial charge in [-0.2, -0.15) is 0 Å². The number of ether oxygens (including phenoxy) is 2. The topological polar surface area (TPSA) is 105 Å². The first-order chi connectivity index (χ1) is 19.5. The van der Waals surface area contributed by atoms with E-state index in [-0.39, 0.29) is 34.8 Å². The lowest BCUT2D eigenvalue weighted by Crippen LogP contribution is -2.52. The Hall–Kier alpha value is -4.05. The zero-order valence-electron chi connectivity index (χ0n) is 24.5. The second-order valence-electron chi connectivity index (χ2n) is 9.86. The number of methoxy groups -OCH3 is 2. The predicted molar refractivity (Wildman–Crippen MR) is 160 cm³/mol. The van der Waals surface area contributed by atoms with Crippen LogP contribution in [-0.4, -0.2) is 58.0 Å². The van der Waals surface area contributed by atoms with Crippen LogP contribution in [-0.2, 0) is 26.2 Å². The number of benzene rings is 3. The summed E-state index contributed by atoms with van der Waals surface area (Å²) in [5.74, 6) is -0.247. The molecule has 41 heavy (non-hydrogen) atoms. The molecular formula is C31H39N3O6S. The Bertz CT molecular complexity index is 1430. The van der Waals surface area contributed by atoms with Gasteiger partial charge in [0.1, 0.15) is 24.1 Å². The highest BCUT2D eigenvalue weighted by Gasteiger charge is 2.34. The Morgan fingerprint density at radius 1 is 0.927 bits per heavy atom. The van der Waals surface area contributed by atoms with E-state index >= 15 is 0 Å². The van der Waals surface area contributed by atoms with Gasteiger partial charge in [-0.25, -0.2) is 8.42 Å². The molecule has 0 aliphatic carbocycles. The Balaban J connectivity index is 2.10. The molecule has 0 bridgehead atoms. The van der Waals surface area contributed by atoms with Gasteiger partial charge in [0.05, 0.1) is 24.8 Å². The SMILES string of the molecule is CC[C@H](C)NC(=O)[C@H](C)N(Cc1ccccc1)C(=O)CN(c1cc(OC)ccc1OC)S(=O)(=O)c1ccc(C)cc1. The van der Waals surface area contributed by atoms with Crippen LogP contribution in [0, 0.1) is 6.92 Å². The summed E-state index contributed by atoms with van der Waals surface area (Å²) in [6.07, 6.45) is 0.725. The quantitative estimate of drug-likeness (QED) is 0.318. The Labute approximate surface area is 243 Å². The molecule has 0 saturated carbocycles. The van der Waals surface area contributed by atoms with Crippen molar-refractivity contribution in [3.05, 3.63) is 83.9 Å². The zero-order valence-corrected chi connectivity index (χ0v) is 25.3. The minimum atomic E-state index is -4.25. The molecule has 3 rings (SSSR count). The second kappa shape index (κ2) is 14.0. The molecule has 2 amide bonds. The number of anilines is 1. The molecule has 0 saturated heterocycles. The number of nitrogens with zero attached hydrogens (tertiary/aromatic N) is 2. The van der Waals surface area contributed by atoms with Gasteiger partial charge in [0.2, 0.25) is 11.8 Å². The molecule has 0 aliphatic rings. The van der Waals surface area contributed by atoms with Gasteiger partial charge in [-0.3, -0.25) is 13.9 Å². The molecular weight excluding hydrogens is 542 g/mol. The third-order valence-electron chi connectivity index (χ3n) is 6.91. The Morgan fingerprint density at radius 2 is 1.59 bits per heavy atom. The fourth-order valence-electron chi connectivity index (χ4n) is 4.17. The van der Waals surface area contributed by atoms with E-state index in [0.29, 0.717) is 5.75 Å². The molecule has 10 heteroatoms. The van der Waals surface area contributed by atoms with Crippen molar-refractivity contribution in [2.75, 3.05) is 25.1 Å². The van der Waals surface area contributed by atoms with Gasteiger partial charge in [-0.1, -0.05) is 55.0 Å². The molecule has 0 radical (unpaired) electrons. The number of rotatable bonds is 13. The van der Waals surface area contributed by atoms with Gasteiger partial charge >= 0.3 is 0 Å². The van der Waals surface area contributed by atoms with E-state index in [0.717, 1.165) is 21.9 Å². The summed E-state index contributed by atoms with van der Waals surface area (Å²) in [5, 5.41) is 2.93. The van der Waals surface area contributed by atoms with Crippen LogP contribution in [0.25, 0.3) is 0 Å². The highest BCUT2D eigenvalue weighted by molar-refractivity contribution is 7.92. The van der Waals surface area contributed by atoms with Crippen LogP contribution in [0.4, 0.5) is 5.69 Å². The molecule has 3 aromatic carbocycles. The normalized spacial score (nSPS) is 12.6. The molecule has 3 aromatic rings. The third kappa shape index (κ3) is 7.79. The maximum Gasteiger partial charge on any atom is 0.264 e. The van der Waals surface area contributed by atoms with Gasteiger partial charge < -0.3 is 19.7 Å². The summed E-state index contributed by atoms with van der Waals surface area (Å²) >= 11 is 0. The van der Waals surface area contributed by atoms with Crippen LogP contribution >= 0.6 is 0 Å². The molecule has 2 atom stereocenters. The summed E-state index contributed by atoms with van der Waals surface area (Å²) in [6.45, 7) is 6.88. The van der Waals surface area contributed by atoms with Crippen LogP contribution in [0.15, 0.2) is 77.7 Å². The summed E-state index contributed by atoms with van der Waals surface area (Å²) < 4.78 is 40.1. The lowest BCUT2D eigenvalue weighted by atomic mass is 10.1. The standard InChI is InChI=1S/C31H39N3O6S/c1-7-23(3)32-31(36)24(4)33(20-25-11-9-8-10-12-25)30(35)21-34(28-19-26(39-5)15-18-29(28)40-6)41(37,38)27-16-13-22(2)14-17-27/h8-19,23-24H,7,20-21H2,1-6H3,(H,32,36)/t23-,24-/m0/s1. The van der Waals surface area contributed by atoms with Gasteiger partial charge in [-0.15, -0.1) is 0 Å². The van der Waals surface area contributed by atoms with Crippen molar-refractivity contribution in [2.45, 2.75) is 57.6 Å². The van der Waals surface area contributed by atoms with Gasteiger partial charge in [0.25, 0.3) is 10.0 Å². The van der Waals surface area contributed by atoms with Gasteiger partial charge in [-0.05, 0) is 57.0 Å². The van der Waals surface area contributed by atoms with Crippen molar-refractivity contribution < 1.29 is 27.5 Å². The first-order valence-electron chi connectivity index (χ1n) is 13.5. The first-order valence-corrected chi connectivity index (χ1v) is 14.9. The van der Waals surface area contributed by atoms with E-state index < -0.39 is 28.5 Å². The Morgan fingerprint density at radius 3 is 2.17 bits per heavy atom. The van der Waals surface area contributed by atoms with Crippen LogP contribution in [0.3, 0.4) is 0 Å². The van der Waals surface area contributed by atoms with E-state index in [1.165, 1.54) is 37.3 Å². The minimum Gasteiger partial charge on any atom is -0.497 e. The van der Waals surface area contributed by atoms with Crippen LogP contribution in [0.5, 0.6) is 11.5 Å². The Kier molecular flexibility index (Phi) is 10.8. The molecule has 0 aromatic heterocycles. The number of carbonyl (C=O) groups is 2. The van der Waals surface area contributed by atoms with Gasteiger partial charge in [0, 0.05) is 18.7 Å². The van der Waals surface area contributed by atoms with E-state index in [2.05, 4.69) is 5.32 Å². The average molecular weight is 582 g/mol.